The van der Waals surface area contributed by atoms with Gasteiger partial charge in [-0.05, 0) is 67.7 Å². The second-order valence-corrected chi connectivity index (χ2v) is 7.52. The molecule has 6 heteroatoms. The van der Waals surface area contributed by atoms with Crippen molar-refractivity contribution in [1.82, 2.24) is 10.3 Å². The van der Waals surface area contributed by atoms with Gasteiger partial charge in [-0.15, -0.1) is 0 Å². The van der Waals surface area contributed by atoms with E-state index in [4.69, 9.17) is 10.00 Å². The molecular formula is C25H25N3O3. The molecule has 158 valence electrons. The maximum atomic E-state index is 12.8. The molecule has 0 bridgehead atoms. The highest BCUT2D eigenvalue weighted by Crippen LogP contribution is 2.26. The Balaban J connectivity index is 1.69. The van der Waals surface area contributed by atoms with Gasteiger partial charge in [-0.1, -0.05) is 23.8 Å². The van der Waals surface area contributed by atoms with E-state index in [0.717, 1.165) is 29.5 Å². The zero-order valence-electron chi connectivity index (χ0n) is 17.7. The molecule has 1 aromatic carbocycles. The zero-order chi connectivity index (χ0) is 22.2. The van der Waals surface area contributed by atoms with Crippen molar-refractivity contribution in [2.45, 2.75) is 32.2 Å². The molecule has 1 N–H and O–H groups in total. The second kappa shape index (κ2) is 10.4. The van der Waals surface area contributed by atoms with Gasteiger partial charge < -0.3 is 10.1 Å². The molecule has 1 aliphatic carbocycles. The number of methoxy groups -OCH3 is 1. The zero-order valence-corrected chi connectivity index (χ0v) is 17.7. The predicted octanol–water partition coefficient (Wildman–Crippen LogP) is 4.22. The number of amides is 1. The van der Waals surface area contributed by atoms with E-state index in [9.17, 15) is 9.59 Å². The van der Waals surface area contributed by atoms with Crippen molar-refractivity contribution in [2.75, 3.05) is 7.11 Å². The van der Waals surface area contributed by atoms with Crippen molar-refractivity contribution in [3.05, 3.63) is 77.7 Å². The second-order valence-electron chi connectivity index (χ2n) is 7.52. The molecule has 2 unspecified atom stereocenters. The fraction of sp³-hybridized carbons (Fsp3) is 0.280. The molecule has 1 aliphatic rings. The Bertz CT molecular complexity index is 1030. The average Bonchev–Trinajstić information content (AvgIpc) is 2.82. The number of ether oxygens (including phenoxy) is 1. The number of carbonyl (C=O) groups is 2. The molecule has 6 nitrogen and oxygen atoms in total. The largest absolute Gasteiger partial charge is 0.469 e. The SMILES string of the molecule is COC(=O)C(CC1=CC(C#N)=CCC1)C(C)NC(=O)c1ccc(-c2ccncc2)cc1. The van der Waals surface area contributed by atoms with Crippen LogP contribution in [0.5, 0.6) is 0 Å². The minimum absolute atomic E-state index is 0.252. The van der Waals surface area contributed by atoms with Crippen molar-refractivity contribution in [3.8, 4) is 17.2 Å². The lowest BCUT2D eigenvalue weighted by molar-refractivity contribution is -0.146. The summed E-state index contributed by atoms with van der Waals surface area (Å²) < 4.78 is 4.98. The summed E-state index contributed by atoms with van der Waals surface area (Å²) in [6.45, 7) is 1.80. The number of hydrogen-bond donors (Lipinski definition) is 1. The Hall–Kier alpha value is -3.72. The molecule has 3 rings (SSSR count). The third-order valence-corrected chi connectivity index (χ3v) is 5.43. The van der Waals surface area contributed by atoms with Crippen LogP contribution in [-0.2, 0) is 9.53 Å². The molecule has 1 heterocycles. The van der Waals surface area contributed by atoms with Crippen LogP contribution >= 0.6 is 0 Å². The van der Waals surface area contributed by atoms with Crippen LogP contribution in [0.3, 0.4) is 0 Å². The van der Waals surface area contributed by atoms with Gasteiger partial charge in [0, 0.05) is 29.6 Å². The number of pyridine rings is 1. The molecule has 0 aliphatic heterocycles. The van der Waals surface area contributed by atoms with Crippen LogP contribution in [0.25, 0.3) is 11.1 Å². The lowest BCUT2D eigenvalue weighted by atomic mass is 9.88. The van der Waals surface area contributed by atoms with Gasteiger partial charge in [0.25, 0.3) is 5.91 Å². The molecule has 0 radical (unpaired) electrons. The molecule has 31 heavy (non-hydrogen) atoms. The van der Waals surface area contributed by atoms with Crippen LogP contribution in [-0.4, -0.2) is 30.0 Å². The molecule has 2 aromatic rings. The first kappa shape index (κ1) is 22.0. The van der Waals surface area contributed by atoms with Gasteiger partial charge in [-0.3, -0.25) is 14.6 Å². The van der Waals surface area contributed by atoms with Crippen molar-refractivity contribution in [2.24, 2.45) is 5.92 Å². The van der Waals surface area contributed by atoms with Crippen molar-refractivity contribution < 1.29 is 14.3 Å². The third-order valence-electron chi connectivity index (χ3n) is 5.43. The Morgan fingerprint density at radius 2 is 1.84 bits per heavy atom. The van der Waals surface area contributed by atoms with Gasteiger partial charge in [0.05, 0.1) is 19.1 Å². The van der Waals surface area contributed by atoms with E-state index in [1.165, 1.54) is 7.11 Å². The fourth-order valence-corrected chi connectivity index (χ4v) is 3.65. The molecule has 2 atom stereocenters. The van der Waals surface area contributed by atoms with E-state index in [1.807, 2.05) is 36.4 Å². The van der Waals surface area contributed by atoms with Gasteiger partial charge >= 0.3 is 5.97 Å². The number of nitriles is 1. The molecule has 0 spiro atoms. The highest BCUT2D eigenvalue weighted by atomic mass is 16.5. The maximum Gasteiger partial charge on any atom is 0.311 e. The summed E-state index contributed by atoms with van der Waals surface area (Å²) >= 11 is 0. The number of carbonyl (C=O) groups excluding carboxylic acids is 2. The summed E-state index contributed by atoms with van der Waals surface area (Å²) in [5, 5.41) is 12.1. The number of nitrogens with one attached hydrogen (secondary N) is 1. The molecule has 1 aromatic heterocycles. The summed E-state index contributed by atoms with van der Waals surface area (Å²) in [6.07, 6.45) is 9.16. The molecule has 0 saturated carbocycles. The predicted molar refractivity (Wildman–Crippen MR) is 118 cm³/mol. The normalized spacial score (nSPS) is 15.0. The van der Waals surface area contributed by atoms with Crippen LogP contribution in [0.15, 0.2) is 72.1 Å². The van der Waals surface area contributed by atoms with E-state index < -0.39 is 12.0 Å². The maximum absolute atomic E-state index is 12.8. The highest BCUT2D eigenvalue weighted by Gasteiger charge is 2.29. The van der Waals surface area contributed by atoms with Crippen molar-refractivity contribution in [1.29, 1.82) is 5.26 Å². The first-order valence-electron chi connectivity index (χ1n) is 10.2. The third kappa shape index (κ3) is 5.67. The molecular weight excluding hydrogens is 390 g/mol. The number of aromatic nitrogens is 1. The van der Waals surface area contributed by atoms with Gasteiger partial charge in [0.1, 0.15) is 0 Å². The molecule has 0 saturated heterocycles. The van der Waals surface area contributed by atoms with E-state index in [1.54, 1.807) is 31.5 Å². The van der Waals surface area contributed by atoms with E-state index in [2.05, 4.69) is 16.4 Å². The Kier molecular flexibility index (Phi) is 7.34. The number of allylic oxidation sites excluding steroid dienone is 4. The van der Waals surface area contributed by atoms with E-state index in [0.29, 0.717) is 17.6 Å². The minimum atomic E-state index is -0.533. The van der Waals surface area contributed by atoms with E-state index >= 15 is 0 Å². The minimum Gasteiger partial charge on any atom is -0.469 e. The van der Waals surface area contributed by atoms with Crippen LogP contribution in [0.4, 0.5) is 0 Å². The average molecular weight is 415 g/mol. The van der Waals surface area contributed by atoms with Gasteiger partial charge in [0.2, 0.25) is 0 Å². The highest BCUT2D eigenvalue weighted by molar-refractivity contribution is 5.95. The van der Waals surface area contributed by atoms with Crippen LogP contribution in [0.2, 0.25) is 0 Å². The number of esters is 1. The molecule has 1 amide bonds. The summed E-state index contributed by atoms with van der Waals surface area (Å²) in [5.74, 6) is -1.16. The monoisotopic (exact) mass is 415 g/mol. The summed E-state index contributed by atoms with van der Waals surface area (Å²) in [4.78, 5) is 29.2. The lowest BCUT2D eigenvalue weighted by Crippen LogP contribution is -2.42. The standard InChI is InChI=1S/C25H25N3O3/c1-17(23(25(30)31-2)15-18-4-3-5-19(14-18)16-26)28-24(29)22-8-6-20(7-9-22)21-10-12-27-13-11-21/h5-14,17,23H,3-4,15H2,1-2H3,(H,28,29). The van der Waals surface area contributed by atoms with Crippen LogP contribution < -0.4 is 5.32 Å². The lowest BCUT2D eigenvalue weighted by Gasteiger charge is -2.25. The van der Waals surface area contributed by atoms with E-state index in [-0.39, 0.29) is 11.9 Å². The van der Waals surface area contributed by atoms with Crippen LogP contribution in [0.1, 0.15) is 36.5 Å². The topological polar surface area (TPSA) is 92.1 Å². The van der Waals surface area contributed by atoms with Crippen molar-refractivity contribution in [3.63, 3.8) is 0 Å². The fourth-order valence-electron chi connectivity index (χ4n) is 3.65. The summed E-state index contributed by atoms with van der Waals surface area (Å²) in [5.41, 5.74) is 4.14. The summed E-state index contributed by atoms with van der Waals surface area (Å²) in [6, 6.07) is 12.8. The number of benzene rings is 1. The number of hydrogen-bond acceptors (Lipinski definition) is 5. The molecule has 0 fully saturated rings. The Morgan fingerprint density at radius 1 is 1.16 bits per heavy atom. The van der Waals surface area contributed by atoms with Gasteiger partial charge in [-0.25, -0.2) is 0 Å². The van der Waals surface area contributed by atoms with Crippen LogP contribution in [0, 0.1) is 17.2 Å². The number of nitrogens with zero attached hydrogens (tertiary/aromatic N) is 2. The number of rotatable bonds is 7. The summed E-state index contributed by atoms with van der Waals surface area (Å²) in [7, 11) is 1.34. The first-order chi connectivity index (χ1) is 15.0. The smallest absolute Gasteiger partial charge is 0.311 e. The van der Waals surface area contributed by atoms with Crippen molar-refractivity contribution >= 4 is 11.9 Å². The first-order valence-corrected chi connectivity index (χ1v) is 10.2. The Morgan fingerprint density at radius 3 is 2.48 bits per heavy atom. The Labute approximate surface area is 182 Å². The van der Waals surface area contributed by atoms with Gasteiger partial charge in [-0.2, -0.15) is 5.26 Å². The quantitative estimate of drug-likeness (QED) is 0.684. The van der Waals surface area contributed by atoms with Gasteiger partial charge in [0.15, 0.2) is 0 Å².